The number of aryl methyl sites for hydroxylation is 2. The van der Waals surface area contributed by atoms with Crippen LogP contribution in [0.15, 0.2) is 24.3 Å². The van der Waals surface area contributed by atoms with E-state index in [1.165, 1.54) is 0 Å². The average molecular weight is 332 g/mol. The summed E-state index contributed by atoms with van der Waals surface area (Å²) in [5.41, 5.74) is 2.30. The molecule has 0 saturated carbocycles. The molecular formula is C17H24N4O3. The average Bonchev–Trinajstić information content (AvgIpc) is 2.90. The number of aromatic amines is 1. The van der Waals surface area contributed by atoms with Crippen molar-refractivity contribution in [2.24, 2.45) is 5.92 Å². The van der Waals surface area contributed by atoms with Crippen LogP contribution in [0, 0.1) is 19.8 Å². The van der Waals surface area contributed by atoms with Gasteiger partial charge in [-0.1, -0.05) is 19.1 Å². The third-order valence-electron chi connectivity index (χ3n) is 3.57. The fraction of sp³-hybridized carbons (Fsp3) is 0.412. The second-order valence-corrected chi connectivity index (χ2v) is 5.71. The van der Waals surface area contributed by atoms with Crippen molar-refractivity contribution in [2.45, 2.75) is 20.8 Å². The number of anilines is 1. The minimum absolute atomic E-state index is 0.146. The number of methoxy groups -OCH3 is 1. The molecule has 0 radical (unpaired) electrons. The fourth-order valence-corrected chi connectivity index (χ4v) is 2.19. The zero-order valence-corrected chi connectivity index (χ0v) is 14.5. The first kappa shape index (κ1) is 17.7. The number of urea groups is 1. The molecule has 0 aliphatic carbocycles. The van der Waals surface area contributed by atoms with Crippen molar-refractivity contribution in [1.82, 2.24) is 15.5 Å². The van der Waals surface area contributed by atoms with Crippen LogP contribution < -0.4 is 20.1 Å². The smallest absolute Gasteiger partial charge is 0.319 e. The van der Waals surface area contributed by atoms with E-state index < -0.39 is 0 Å². The standard InChI is InChI=1S/C17H24N4O3/c1-11(10-24-15-8-6-5-7-14(15)23-4)9-18-17(22)19-16-12(2)20-21-13(16)3/h5-8,11H,9-10H2,1-4H3,(H,20,21)(H2,18,19,22). The van der Waals surface area contributed by atoms with Gasteiger partial charge in [-0.15, -0.1) is 0 Å². The Morgan fingerprint density at radius 3 is 2.62 bits per heavy atom. The van der Waals surface area contributed by atoms with Crippen LogP contribution in [0.5, 0.6) is 11.5 Å². The molecule has 0 aliphatic heterocycles. The predicted octanol–water partition coefficient (Wildman–Crippen LogP) is 2.87. The molecule has 1 aromatic heterocycles. The van der Waals surface area contributed by atoms with Crippen LogP contribution >= 0.6 is 0 Å². The summed E-state index contributed by atoms with van der Waals surface area (Å²) in [6, 6.07) is 7.23. The van der Waals surface area contributed by atoms with Gasteiger partial charge >= 0.3 is 6.03 Å². The molecule has 3 N–H and O–H groups in total. The van der Waals surface area contributed by atoms with Crippen LogP contribution in [-0.2, 0) is 0 Å². The van der Waals surface area contributed by atoms with Gasteiger partial charge in [0.25, 0.3) is 0 Å². The van der Waals surface area contributed by atoms with Crippen molar-refractivity contribution >= 4 is 11.7 Å². The number of para-hydroxylation sites is 2. The van der Waals surface area contributed by atoms with Crippen molar-refractivity contribution in [3.8, 4) is 11.5 Å². The Balaban J connectivity index is 1.76. The van der Waals surface area contributed by atoms with Gasteiger partial charge in [0.2, 0.25) is 0 Å². The molecular weight excluding hydrogens is 308 g/mol. The molecule has 7 heteroatoms. The quantitative estimate of drug-likeness (QED) is 0.727. The molecule has 0 aliphatic rings. The molecule has 0 bridgehead atoms. The molecule has 1 aromatic carbocycles. The predicted molar refractivity (Wildman–Crippen MR) is 92.7 cm³/mol. The number of carbonyl (C=O) groups excluding carboxylic acids is 1. The Morgan fingerprint density at radius 1 is 1.29 bits per heavy atom. The van der Waals surface area contributed by atoms with E-state index >= 15 is 0 Å². The Hall–Kier alpha value is -2.70. The topological polar surface area (TPSA) is 88.3 Å². The first-order chi connectivity index (χ1) is 11.5. The SMILES string of the molecule is COc1ccccc1OCC(C)CNC(=O)Nc1c(C)n[nH]c1C. The van der Waals surface area contributed by atoms with Gasteiger partial charge in [-0.05, 0) is 26.0 Å². The van der Waals surface area contributed by atoms with E-state index in [4.69, 9.17) is 9.47 Å². The molecule has 2 aromatic rings. The van der Waals surface area contributed by atoms with Gasteiger partial charge in [0, 0.05) is 12.5 Å². The zero-order chi connectivity index (χ0) is 17.5. The highest BCUT2D eigenvalue weighted by atomic mass is 16.5. The number of benzene rings is 1. The van der Waals surface area contributed by atoms with Gasteiger partial charge < -0.3 is 20.1 Å². The van der Waals surface area contributed by atoms with E-state index in [9.17, 15) is 4.79 Å². The number of nitrogens with one attached hydrogen (secondary N) is 3. The number of H-pyrrole nitrogens is 1. The maximum absolute atomic E-state index is 12.0. The Bertz CT molecular complexity index is 665. The Labute approximate surface area is 141 Å². The zero-order valence-electron chi connectivity index (χ0n) is 14.5. The molecule has 130 valence electrons. The molecule has 0 saturated heterocycles. The van der Waals surface area contributed by atoms with Crippen LogP contribution in [0.2, 0.25) is 0 Å². The number of hydrogen-bond acceptors (Lipinski definition) is 4. The second kappa shape index (κ2) is 8.24. The van der Waals surface area contributed by atoms with Crippen molar-refractivity contribution < 1.29 is 14.3 Å². The van der Waals surface area contributed by atoms with Crippen LogP contribution in [0.25, 0.3) is 0 Å². The molecule has 0 spiro atoms. The summed E-state index contributed by atoms with van der Waals surface area (Å²) < 4.78 is 11.0. The first-order valence-electron chi connectivity index (χ1n) is 7.83. The summed E-state index contributed by atoms with van der Waals surface area (Å²) in [6.45, 7) is 6.67. The van der Waals surface area contributed by atoms with Crippen molar-refractivity contribution in [2.75, 3.05) is 25.6 Å². The summed E-state index contributed by atoms with van der Waals surface area (Å²) in [5, 5.41) is 12.5. The number of rotatable bonds is 7. The lowest BCUT2D eigenvalue weighted by molar-refractivity contribution is 0.234. The number of aromatic nitrogens is 2. The van der Waals surface area contributed by atoms with E-state index in [1.54, 1.807) is 7.11 Å². The minimum atomic E-state index is -0.258. The monoisotopic (exact) mass is 332 g/mol. The van der Waals surface area contributed by atoms with Gasteiger partial charge in [-0.3, -0.25) is 5.10 Å². The summed E-state index contributed by atoms with van der Waals surface area (Å²) >= 11 is 0. The van der Waals surface area contributed by atoms with E-state index in [2.05, 4.69) is 20.8 Å². The molecule has 1 unspecified atom stereocenters. The van der Waals surface area contributed by atoms with E-state index in [0.29, 0.717) is 30.3 Å². The van der Waals surface area contributed by atoms with Crippen molar-refractivity contribution in [3.05, 3.63) is 35.7 Å². The van der Waals surface area contributed by atoms with Gasteiger partial charge in [0.15, 0.2) is 11.5 Å². The summed E-state index contributed by atoms with van der Waals surface area (Å²) in [7, 11) is 1.61. The lowest BCUT2D eigenvalue weighted by Crippen LogP contribution is -2.34. The fourth-order valence-electron chi connectivity index (χ4n) is 2.19. The maximum Gasteiger partial charge on any atom is 0.319 e. The molecule has 24 heavy (non-hydrogen) atoms. The summed E-state index contributed by atoms with van der Waals surface area (Å²) in [5.74, 6) is 1.54. The van der Waals surface area contributed by atoms with Gasteiger partial charge in [-0.25, -0.2) is 4.79 Å². The lowest BCUT2D eigenvalue weighted by atomic mass is 10.2. The Morgan fingerprint density at radius 2 is 2.00 bits per heavy atom. The molecule has 2 rings (SSSR count). The lowest BCUT2D eigenvalue weighted by Gasteiger charge is -2.16. The second-order valence-electron chi connectivity index (χ2n) is 5.71. The third-order valence-corrected chi connectivity index (χ3v) is 3.57. The van der Waals surface area contributed by atoms with Gasteiger partial charge in [0.05, 0.1) is 30.8 Å². The maximum atomic E-state index is 12.0. The van der Waals surface area contributed by atoms with Crippen molar-refractivity contribution in [1.29, 1.82) is 0 Å². The highest BCUT2D eigenvalue weighted by Gasteiger charge is 2.12. The van der Waals surface area contributed by atoms with Crippen LogP contribution in [0.4, 0.5) is 10.5 Å². The van der Waals surface area contributed by atoms with Gasteiger partial charge in [0.1, 0.15) is 0 Å². The van der Waals surface area contributed by atoms with Crippen LogP contribution in [0.3, 0.4) is 0 Å². The van der Waals surface area contributed by atoms with E-state index in [0.717, 1.165) is 11.4 Å². The van der Waals surface area contributed by atoms with E-state index in [-0.39, 0.29) is 11.9 Å². The first-order valence-corrected chi connectivity index (χ1v) is 7.83. The summed E-state index contributed by atoms with van der Waals surface area (Å²) in [6.07, 6.45) is 0. The molecule has 1 atom stereocenters. The van der Waals surface area contributed by atoms with Gasteiger partial charge in [-0.2, -0.15) is 5.10 Å². The molecule has 0 fully saturated rings. The van der Waals surface area contributed by atoms with E-state index in [1.807, 2.05) is 45.0 Å². The highest BCUT2D eigenvalue weighted by molar-refractivity contribution is 5.90. The number of amides is 2. The molecule has 7 nitrogen and oxygen atoms in total. The number of ether oxygens (including phenoxy) is 2. The normalized spacial score (nSPS) is 11.7. The minimum Gasteiger partial charge on any atom is -0.493 e. The largest absolute Gasteiger partial charge is 0.493 e. The summed E-state index contributed by atoms with van der Waals surface area (Å²) in [4.78, 5) is 12.0. The highest BCUT2D eigenvalue weighted by Crippen LogP contribution is 2.26. The number of nitrogens with zero attached hydrogens (tertiary/aromatic N) is 1. The van der Waals surface area contributed by atoms with Crippen LogP contribution in [0.1, 0.15) is 18.3 Å². The Kier molecular flexibility index (Phi) is 6.06. The van der Waals surface area contributed by atoms with Crippen LogP contribution in [-0.4, -0.2) is 36.5 Å². The molecule has 2 amide bonds. The third kappa shape index (κ3) is 4.65. The molecule has 1 heterocycles. The number of hydrogen-bond donors (Lipinski definition) is 3. The number of carbonyl (C=O) groups is 1. The van der Waals surface area contributed by atoms with Crippen molar-refractivity contribution in [3.63, 3.8) is 0 Å².